The highest BCUT2D eigenvalue weighted by Gasteiger charge is 2.22. The molecule has 0 saturated carbocycles. The van der Waals surface area contributed by atoms with Gasteiger partial charge in [0.1, 0.15) is 6.54 Å². The summed E-state index contributed by atoms with van der Waals surface area (Å²) in [6, 6.07) is 5.38. The van der Waals surface area contributed by atoms with Gasteiger partial charge in [0.25, 0.3) is 11.6 Å². The largest absolute Gasteiger partial charge is 0.391 e. The molecule has 0 aliphatic carbocycles. The van der Waals surface area contributed by atoms with Crippen molar-refractivity contribution in [3.05, 3.63) is 39.9 Å². The normalized spacial score (nSPS) is 15.3. The molecule has 2 rings (SSSR count). The molecular formula is C14H19N4O4S+. The quantitative estimate of drug-likeness (QED) is 0.362. The fraction of sp³-hybridized carbons (Fsp3) is 0.429. The van der Waals surface area contributed by atoms with E-state index >= 15 is 0 Å². The number of nitro benzene ring substituents is 1. The Morgan fingerprint density at radius 3 is 2.48 bits per heavy atom. The lowest BCUT2D eigenvalue weighted by Gasteiger charge is -2.33. The van der Waals surface area contributed by atoms with Crippen molar-refractivity contribution in [3.8, 4) is 0 Å². The van der Waals surface area contributed by atoms with Gasteiger partial charge >= 0.3 is 0 Å². The van der Waals surface area contributed by atoms with Crippen molar-refractivity contribution in [1.82, 2.24) is 10.2 Å². The molecule has 1 aliphatic heterocycles. The number of nitrogens with zero attached hydrogens (tertiary/aromatic N) is 2. The van der Waals surface area contributed by atoms with Crippen LogP contribution >= 0.6 is 12.2 Å². The second-order valence-electron chi connectivity index (χ2n) is 5.27. The van der Waals surface area contributed by atoms with E-state index < -0.39 is 4.92 Å². The highest BCUT2D eigenvalue weighted by atomic mass is 32.1. The third-order valence-corrected chi connectivity index (χ3v) is 4.14. The number of quaternary nitrogens is 1. The SMILES string of the molecule is O=C(NC(=S)N1CC[NH+](CCO)CC1)c1ccc([N+](=O)[O-])cc1. The van der Waals surface area contributed by atoms with E-state index in [1.807, 2.05) is 4.90 Å². The minimum absolute atomic E-state index is 0.0629. The number of aliphatic hydroxyl groups excluding tert-OH is 1. The van der Waals surface area contributed by atoms with Gasteiger partial charge in [-0.15, -0.1) is 0 Å². The van der Waals surface area contributed by atoms with Gasteiger partial charge in [-0.2, -0.15) is 0 Å². The van der Waals surface area contributed by atoms with E-state index in [9.17, 15) is 14.9 Å². The minimum Gasteiger partial charge on any atom is -0.391 e. The van der Waals surface area contributed by atoms with E-state index in [1.165, 1.54) is 29.2 Å². The molecule has 1 saturated heterocycles. The predicted octanol–water partition coefficient (Wildman–Crippen LogP) is -1.20. The van der Waals surface area contributed by atoms with Crippen molar-refractivity contribution < 1.29 is 19.7 Å². The molecule has 0 atom stereocenters. The number of nitro groups is 1. The topological polar surface area (TPSA) is 100 Å². The molecule has 124 valence electrons. The standard InChI is InChI=1S/C14H18N4O4S/c19-10-9-16-5-7-17(8-6-16)14(23)15-13(20)11-1-3-12(4-2-11)18(21)22/h1-4,19H,5-10H2,(H,15,20,23)/p+1. The first-order chi connectivity index (χ1) is 11.0. The molecule has 1 aromatic rings. The predicted molar refractivity (Wildman–Crippen MR) is 87.4 cm³/mol. The Hall–Kier alpha value is -2.10. The zero-order valence-corrected chi connectivity index (χ0v) is 13.3. The van der Waals surface area contributed by atoms with Crippen LogP contribution in [0.5, 0.6) is 0 Å². The molecule has 0 unspecified atom stereocenters. The van der Waals surface area contributed by atoms with Gasteiger partial charge in [0.2, 0.25) is 0 Å². The van der Waals surface area contributed by atoms with Crippen molar-refractivity contribution in [1.29, 1.82) is 0 Å². The van der Waals surface area contributed by atoms with Gasteiger partial charge in [-0.1, -0.05) is 0 Å². The molecule has 0 radical (unpaired) electrons. The number of carbonyl (C=O) groups excluding carboxylic acids is 1. The molecule has 23 heavy (non-hydrogen) atoms. The van der Waals surface area contributed by atoms with Gasteiger partial charge in [0.15, 0.2) is 5.11 Å². The average Bonchev–Trinajstić information content (AvgIpc) is 2.55. The Kier molecular flexibility index (Phi) is 5.97. The molecule has 1 aliphatic rings. The van der Waals surface area contributed by atoms with Crippen LogP contribution in [0.3, 0.4) is 0 Å². The minimum atomic E-state index is -0.513. The van der Waals surface area contributed by atoms with E-state index in [0.717, 1.165) is 19.6 Å². The molecule has 0 aromatic heterocycles. The molecule has 1 fully saturated rings. The summed E-state index contributed by atoms with van der Waals surface area (Å²) in [5.41, 5.74) is 0.259. The Balaban J connectivity index is 1.87. The maximum Gasteiger partial charge on any atom is 0.269 e. The molecule has 0 bridgehead atoms. The van der Waals surface area contributed by atoms with Crippen LogP contribution in [0.15, 0.2) is 24.3 Å². The number of benzene rings is 1. The molecule has 8 nitrogen and oxygen atoms in total. The smallest absolute Gasteiger partial charge is 0.269 e. The first kappa shape index (κ1) is 17.3. The summed E-state index contributed by atoms with van der Waals surface area (Å²) < 4.78 is 0. The molecule has 1 aromatic carbocycles. The number of nitrogens with one attached hydrogen (secondary N) is 2. The Labute approximate surface area is 138 Å². The summed E-state index contributed by atoms with van der Waals surface area (Å²) in [7, 11) is 0. The lowest BCUT2D eigenvalue weighted by molar-refractivity contribution is -0.904. The molecule has 9 heteroatoms. The van der Waals surface area contributed by atoms with E-state index in [1.54, 1.807) is 0 Å². The van der Waals surface area contributed by atoms with Crippen LogP contribution in [0.1, 0.15) is 10.4 Å². The van der Waals surface area contributed by atoms with E-state index in [2.05, 4.69) is 5.32 Å². The maximum absolute atomic E-state index is 12.1. The van der Waals surface area contributed by atoms with Gasteiger partial charge < -0.3 is 14.9 Å². The Morgan fingerprint density at radius 1 is 1.35 bits per heavy atom. The maximum atomic E-state index is 12.1. The molecular weight excluding hydrogens is 320 g/mol. The summed E-state index contributed by atoms with van der Waals surface area (Å²) in [6.07, 6.45) is 0. The first-order valence-corrected chi connectivity index (χ1v) is 7.71. The summed E-state index contributed by atoms with van der Waals surface area (Å²) in [5, 5.41) is 22.5. The van der Waals surface area contributed by atoms with Crippen LogP contribution in [0.25, 0.3) is 0 Å². The molecule has 1 amide bonds. The van der Waals surface area contributed by atoms with Crippen molar-refractivity contribution in [2.24, 2.45) is 0 Å². The second-order valence-corrected chi connectivity index (χ2v) is 5.66. The van der Waals surface area contributed by atoms with Crippen LogP contribution in [0.2, 0.25) is 0 Å². The van der Waals surface area contributed by atoms with Crippen LogP contribution in [-0.2, 0) is 0 Å². The van der Waals surface area contributed by atoms with Gasteiger partial charge in [-0.05, 0) is 24.4 Å². The lowest BCUT2D eigenvalue weighted by Crippen LogP contribution is -3.15. The van der Waals surface area contributed by atoms with Crippen LogP contribution in [-0.4, -0.2) is 65.3 Å². The molecule has 1 heterocycles. The fourth-order valence-electron chi connectivity index (χ4n) is 2.42. The van der Waals surface area contributed by atoms with E-state index in [0.29, 0.717) is 23.8 Å². The number of carbonyl (C=O) groups is 1. The second kappa shape index (κ2) is 7.95. The van der Waals surface area contributed by atoms with Crippen molar-refractivity contribution in [3.63, 3.8) is 0 Å². The zero-order valence-electron chi connectivity index (χ0n) is 12.5. The van der Waals surface area contributed by atoms with Crippen molar-refractivity contribution >= 4 is 28.9 Å². The monoisotopic (exact) mass is 339 g/mol. The van der Waals surface area contributed by atoms with E-state index in [-0.39, 0.29) is 18.2 Å². The third-order valence-electron chi connectivity index (χ3n) is 3.78. The lowest BCUT2D eigenvalue weighted by atomic mass is 10.2. The summed E-state index contributed by atoms with van der Waals surface area (Å²) in [4.78, 5) is 25.4. The average molecular weight is 339 g/mol. The number of aliphatic hydroxyl groups is 1. The number of rotatable bonds is 4. The fourth-order valence-corrected chi connectivity index (χ4v) is 2.69. The van der Waals surface area contributed by atoms with Crippen LogP contribution in [0.4, 0.5) is 5.69 Å². The Bertz CT molecular complexity index is 585. The van der Waals surface area contributed by atoms with Gasteiger partial charge in [0.05, 0.1) is 37.7 Å². The van der Waals surface area contributed by atoms with Gasteiger partial charge in [0, 0.05) is 17.7 Å². The summed E-state index contributed by atoms with van der Waals surface area (Å²) in [5.74, 6) is -0.380. The highest BCUT2D eigenvalue weighted by molar-refractivity contribution is 7.80. The van der Waals surface area contributed by atoms with Gasteiger partial charge in [-0.25, -0.2) is 0 Å². The molecule has 0 spiro atoms. The summed E-state index contributed by atoms with van der Waals surface area (Å²) in [6.45, 7) is 4.03. The summed E-state index contributed by atoms with van der Waals surface area (Å²) >= 11 is 5.25. The Morgan fingerprint density at radius 2 is 1.96 bits per heavy atom. The number of hydrogen-bond acceptors (Lipinski definition) is 5. The van der Waals surface area contributed by atoms with Crippen molar-refractivity contribution in [2.45, 2.75) is 0 Å². The van der Waals surface area contributed by atoms with Crippen LogP contribution in [0, 0.1) is 10.1 Å². The van der Waals surface area contributed by atoms with Crippen molar-refractivity contribution in [2.75, 3.05) is 39.3 Å². The first-order valence-electron chi connectivity index (χ1n) is 7.30. The molecule has 3 N–H and O–H groups in total. The van der Waals surface area contributed by atoms with Crippen LogP contribution < -0.4 is 10.2 Å². The number of non-ortho nitro benzene ring substituents is 1. The number of amides is 1. The highest BCUT2D eigenvalue weighted by Crippen LogP contribution is 2.11. The number of hydrogen-bond donors (Lipinski definition) is 3. The number of piperazine rings is 1. The van der Waals surface area contributed by atoms with Gasteiger partial charge in [-0.3, -0.25) is 20.2 Å². The third kappa shape index (κ3) is 4.68. The number of thiocarbonyl (C=S) groups is 1. The zero-order chi connectivity index (χ0) is 16.8. The van der Waals surface area contributed by atoms with E-state index in [4.69, 9.17) is 17.3 Å².